The van der Waals surface area contributed by atoms with E-state index in [2.05, 4.69) is 10.6 Å². The zero-order chi connectivity index (χ0) is 19.9. The molecule has 1 atom stereocenters. The Hall–Kier alpha value is -3.60. The lowest BCUT2D eigenvalue weighted by Gasteiger charge is -2.16. The monoisotopic (exact) mass is 374 g/mol. The summed E-state index contributed by atoms with van der Waals surface area (Å²) in [7, 11) is 0. The summed E-state index contributed by atoms with van der Waals surface area (Å²) in [5.41, 5.74) is 2.56. The Morgan fingerprint density at radius 3 is 2.32 bits per heavy atom. The average molecular weight is 374 g/mol. The van der Waals surface area contributed by atoms with Crippen molar-refractivity contribution in [2.75, 3.05) is 10.6 Å². The van der Waals surface area contributed by atoms with Crippen LogP contribution in [0.25, 0.3) is 0 Å². The molecule has 1 unspecified atom stereocenters. The second-order valence-corrected chi connectivity index (χ2v) is 6.43. The summed E-state index contributed by atoms with van der Waals surface area (Å²) in [6, 6.07) is 23.5. The standard InChI is InChI=1S/C23H22N2O3/c1-16-9-8-10-18(15-16)24-23(27)20-13-6-7-14-21(20)25-22(26)17(2)28-19-11-4-3-5-12-19/h3-15,17H,1-2H3,(H,24,27)(H,25,26). The largest absolute Gasteiger partial charge is 0.481 e. The molecule has 3 aromatic rings. The first-order valence-electron chi connectivity index (χ1n) is 9.02. The first-order chi connectivity index (χ1) is 13.5. The molecule has 0 fully saturated rings. The summed E-state index contributed by atoms with van der Waals surface area (Å²) >= 11 is 0. The minimum absolute atomic E-state index is 0.293. The van der Waals surface area contributed by atoms with Gasteiger partial charge >= 0.3 is 0 Å². The number of rotatable bonds is 6. The van der Waals surface area contributed by atoms with Crippen LogP contribution in [-0.4, -0.2) is 17.9 Å². The molecule has 5 nitrogen and oxygen atoms in total. The van der Waals surface area contributed by atoms with Crippen LogP contribution >= 0.6 is 0 Å². The zero-order valence-corrected chi connectivity index (χ0v) is 15.8. The second-order valence-electron chi connectivity index (χ2n) is 6.43. The van der Waals surface area contributed by atoms with E-state index in [0.717, 1.165) is 5.56 Å². The Bertz CT molecular complexity index is 970. The van der Waals surface area contributed by atoms with Crippen LogP contribution in [0.15, 0.2) is 78.9 Å². The molecule has 0 aliphatic carbocycles. The van der Waals surface area contributed by atoms with Gasteiger partial charge in [0, 0.05) is 5.69 Å². The van der Waals surface area contributed by atoms with Gasteiger partial charge in [-0.2, -0.15) is 0 Å². The molecule has 0 radical (unpaired) electrons. The third-order valence-electron chi connectivity index (χ3n) is 4.13. The molecule has 2 amide bonds. The van der Waals surface area contributed by atoms with Gasteiger partial charge in [-0.15, -0.1) is 0 Å². The summed E-state index contributed by atoms with van der Waals surface area (Å²) in [6.45, 7) is 3.62. The quantitative estimate of drug-likeness (QED) is 0.660. The Morgan fingerprint density at radius 2 is 1.57 bits per heavy atom. The number of amides is 2. The summed E-state index contributed by atoms with van der Waals surface area (Å²) in [4.78, 5) is 25.2. The lowest BCUT2D eigenvalue weighted by atomic mass is 10.1. The molecular formula is C23H22N2O3. The zero-order valence-electron chi connectivity index (χ0n) is 15.8. The maximum absolute atomic E-state index is 12.7. The number of nitrogens with one attached hydrogen (secondary N) is 2. The summed E-state index contributed by atoms with van der Waals surface area (Å²) in [6.07, 6.45) is -0.713. The molecule has 0 saturated heterocycles. The number of benzene rings is 3. The number of carbonyl (C=O) groups excluding carboxylic acids is 2. The Labute approximate surface area is 164 Å². The smallest absolute Gasteiger partial charge is 0.265 e. The highest BCUT2D eigenvalue weighted by Gasteiger charge is 2.18. The lowest BCUT2D eigenvalue weighted by molar-refractivity contribution is -0.122. The van der Waals surface area contributed by atoms with Gasteiger partial charge in [-0.1, -0.05) is 42.5 Å². The van der Waals surface area contributed by atoms with Crippen LogP contribution in [0, 0.1) is 6.92 Å². The van der Waals surface area contributed by atoms with Crippen molar-refractivity contribution in [1.82, 2.24) is 0 Å². The van der Waals surface area contributed by atoms with Gasteiger partial charge in [-0.25, -0.2) is 0 Å². The number of hydrogen-bond donors (Lipinski definition) is 2. The highest BCUT2D eigenvalue weighted by molar-refractivity contribution is 6.10. The van der Waals surface area contributed by atoms with E-state index in [9.17, 15) is 9.59 Å². The number of para-hydroxylation sites is 2. The molecule has 0 aliphatic heterocycles. The van der Waals surface area contributed by atoms with Gasteiger partial charge < -0.3 is 15.4 Å². The van der Waals surface area contributed by atoms with E-state index in [-0.39, 0.29) is 11.8 Å². The van der Waals surface area contributed by atoms with E-state index >= 15 is 0 Å². The third-order valence-corrected chi connectivity index (χ3v) is 4.13. The van der Waals surface area contributed by atoms with Crippen molar-refractivity contribution in [3.8, 4) is 5.75 Å². The van der Waals surface area contributed by atoms with Gasteiger partial charge in [-0.05, 0) is 55.8 Å². The first kappa shape index (κ1) is 19.2. The number of aryl methyl sites for hydroxylation is 1. The molecule has 0 aromatic heterocycles. The number of hydrogen-bond acceptors (Lipinski definition) is 3. The van der Waals surface area contributed by atoms with Crippen LogP contribution in [0.4, 0.5) is 11.4 Å². The lowest BCUT2D eigenvalue weighted by Crippen LogP contribution is -2.31. The minimum atomic E-state index is -0.713. The van der Waals surface area contributed by atoms with Gasteiger partial charge in [0.15, 0.2) is 6.10 Å². The molecular weight excluding hydrogens is 352 g/mol. The first-order valence-corrected chi connectivity index (χ1v) is 9.02. The van der Waals surface area contributed by atoms with Crippen LogP contribution in [0.5, 0.6) is 5.75 Å². The van der Waals surface area contributed by atoms with Crippen molar-refractivity contribution in [2.45, 2.75) is 20.0 Å². The second kappa shape index (κ2) is 8.86. The SMILES string of the molecule is Cc1cccc(NC(=O)c2ccccc2NC(=O)C(C)Oc2ccccc2)c1. The van der Waals surface area contributed by atoms with E-state index in [1.807, 2.05) is 49.4 Å². The number of anilines is 2. The van der Waals surface area contributed by atoms with Gasteiger partial charge in [0.25, 0.3) is 11.8 Å². The molecule has 0 spiro atoms. The third kappa shape index (κ3) is 4.98. The normalized spacial score (nSPS) is 11.4. The van der Waals surface area contributed by atoms with E-state index in [1.54, 1.807) is 43.3 Å². The van der Waals surface area contributed by atoms with Gasteiger partial charge in [0.1, 0.15) is 5.75 Å². The molecule has 0 saturated carbocycles. The molecule has 28 heavy (non-hydrogen) atoms. The van der Waals surface area contributed by atoms with Crippen LogP contribution in [0.3, 0.4) is 0 Å². The topological polar surface area (TPSA) is 67.4 Å². The van der Waals surface area contributed by atoms with Crippen molar-refractivity contribution >= 4 is 23.2 Å². The Morgan fingerprint density at radius 1 is 0.857 bits per heavy atom. The predicted octanol–water partition coefficient (Wildman–Crippen LogP) is 4.65. The molecule has 3 aromatic carbocycles. The van der Waals surface area contributed by atoms with Crippen LogP contribution in [0.1, 0.15) is 22.8 Å². The fourth-order valence-electron chi connectivity index (χ4n) is 2.70. The fraction of sp³-hybridized carbons (Fsp3) is 0.130. The van der Waals surface area contributed by atoms with Crippen molar-refractivity contribution in [1.29, 1.82) is 0 Å². The highest BCUT2D eigenvalue weighted by atomic mass is 16.5. The Balaban J connectivity index is 1.71. The van der Waals surface area contributed by atoms with Crippen LogP contribution in [0.2, 0.25) is 0 Å². The Kier molecular flexibility index (Phi) is 6.07. The highest BCUT2D eigenvalue weighted by Crippen LogP contribution is 2.19. The fourth-order valence-corrected chi connectivity index (χ4v) is 2.70. The molecule has 5 heteroatoms. The van der Waals surface area contributed by atoms with Gasteiger partial charge in [0.2, 0.25) is 0 Å². The van der Waals surface area contributed by atoms with Crippen molar-refractivity contribution in [3.63, 3.8) is 0 Å². The van der Waals surface area contributed by atoms with Gasteiger partial charge in [0.05, 0.1) is 11.3 Å². The summed E-state index contributed by atoms with van der Waals surface area (Å²) < 4.78 is 5.64. The molecule has 2 N–H and O–H groups in total. The van der Waals surface area contributed by atoms with Crippen molar-refractivity contribution in [3.05, 3.63) is 90.0 Å². The molecule has 0 heterocycles. The van der Waals surface area contributed by atoms with Crippen molar-refractivity contribution in [2.24, 2.45) is 0 Å². The van der Waals surface area contributed by atoms with Gasteiger partial charge in [-0.3, -0.25) is 9.59 Å². The predicted molar refractivity (Wildman–Crippen MR) is 111 cm³/mol. The van der Waals surface area contributed by atoms with Crippen LogP contribution in [-0.2, 0) is 4.79 Å². The molecule has 0 aliphatic rings. The molecule has 3 rings (SSSR count). The number of carbonyl (C=O) groups is 2. The molecule has 0 bridgehead atoms. The summed E-state index contributed by atoms with van der Waals surface area (Å²) in [5.74, 6) is -0.0200. The van der Waals surface area contributed by atoms with E-state index in [1.165, 1.54) is 0 Å². The minimum Gasteiger partial charge on any atom is -0.481 e. The summed E-state index contributed by atoms with van der Waals surface area (Å²) in [5, 5.41) is 5.64. The van der Waals surface area contributed by atoms with E-state index in [4.69, 9.17) is 4.74 Å². The van der Waals surface area contributed by atoms with E-state index in [0.29, 0.717) is 22.7 Å². The molecule has 142 valence electrons. The maximum Gasteiger partial charge on any atom is 0.265 e. The number of ether oxygens (including phenoxy) is 1. The average Bonchev–Trinajstić information content (AvgIpc) is 2.69. The van der Waals surface area contributed by atoms with E-state index < -0.39 is 6.10 Å². The maximum atomic E-state index is 12.7. The van der Waals surface area contributed by atoms with Crippen molar-refractivity contribution < 1.29 is 14.3 Å². The van der Waals surface area contributed by atoms with Crippen LogP contribution < -0.4 is 15.4 Å².